The molecule has 0 saturated heterocycles. The van der Waals surface area contributed by atoms with Crippen LogP contribution in [0.5, 0.6) is 0 Å². The molecule has 0 heterocycles. The second-order valence-corrected chi connectivity index (χ2v) is 6.49. The van der Waals surface area contributed by atoms with Gasteiger partial charge in [0.15, 0.2) is 0 Å². The smallest absolute Gasteiger partial charge is 0.293 e. The standard InChI is InChI=1S/C16H15ClN2O3S/c1-10-7-14(15(19(21)22)8-11(10)2)18-16(20)9-23-13-5-3-12(17)4-6-13/h3-8H,9H2,1-2H3,(H,18,20). The molecule has 0 radical (unpaired) electrons. The second-order valence-electron chi connectivity index (χ2n) is 5.00. The second kappa shape index (κ2) is 7.48. The Hall–Kier alpha value is -2.05. The minimum atomic E-state index is -0.492. The summed E-state index contributed by atoms with van der Waals surface area (Å²) in [6.45, 7) is 3.64. The average molecular weight is 351 g/mol. The van der Waals surface area contributed by atoms with Crippen LogP contribution in [0.4, 0.5) is 11.4 Å². The summed E-state index contributed by atoms with van der Waals surface area (Å²) in [5.74, 6) is -0.137. The molecule has 0 aromatic heterocycles. The fourth-order valence-electron chi connectivity index (χ4n) is 1.92. The summed E-state index contributed by atoms with van der Waals surface area (Å²) >= 11 is 7.14. The molecule has 0 aliphatic heterocycles. The summed E-state index contributed by atoms with van der Waals surface area (Å²) in [6.07, 6.45) is 0. The third kappa shape index (κ3) is 4.71. The number of nitrogens with zero attached hydrogens (tertiary/aromatic N) is 1. The molecule has 2 rings (SSSR count). The number of aryl methyl sites for hydroxylation is 2. The Kier molecular flexibility index (Phi) is 5.63. The summed E-state index contributed by atoms with van der Waals surface area (Å²) in [5, 5.41) is 14.4. The van der Waals surface area contributed by atoms with Crippen molar-refractivity contribution < 1.29 is 9.72 Å². The monoisotopic (exact) mass is 350 g/mol. The predicted molar refractivity (Wildman–Crippen MR) is 93.4 cm³/mol. The van der Waals surface area contributed by atoms with Crippen LogP contribution in [-0.2, 0) is 4.79 Å². The van der Waals surface area contributed by atoms with E-state index in [2.05, 4.69) is 5.32 Å². The first-order chi connectivity index (χ1) is 10.9. The first-order valence-corrected chi connectivity index (χ1v) is 8.17. The summed E-state index contributed by atoms with van der Waals surface area (Å²) in [7, 11) is 0. The van der Waals surface area contributed by atoms with E-state index in [0.29, 0.717) is 5.02 Å². The maximum absolute atomic E-state index is 12.0. The molecular weight excluding hydrogens is 336 g/mol. The zero-order valence-corrected chi connectivity index (χ0v) is 14.2. The van der Waals surface area contributed by atoms with Crippen LogP contribution in [0.25, 0.3) is 0 Å². The Labute approximate surface area is 143 Å². The first-order valence-electron chi connectivity index (χ1n) is 6.80. The van der Waals surface area contributed by atoms with Crippen molar-refractivity contribution in [1.29, 1.82) is 0 Å². The number of nitrogens with one attached hydrogen (secondary N) is 1. The van der Waals surface area contributed by atoms with Crippen molar-refractivity contribution in [1.82, 2.24) is 0 Å². The quantitative estimate of drug-likeness (QED) is 0.486. The van der Waals surface area contributed by atoms with Gasteiger partial charge in [-0.05, 0) is 55.3 Å². The number of amides is 1. The third-order valence-electron chi connectivity index (χ3n) is 3.27. The molecule has 0 fully saturated rings. The van der Waals surface area contributed by atoms with Crippen LogP contribution < -0.4 is 5.32 Å². The molecule has 120 valence electrons. The van der Waals surface area contributed by atoms with Crippen LogP contribution in [0.1, 0.15) is 11.1 Å². The normalized spacial score (nSPS) is 10.4. The minimum absolute atomic E-state index is 0.0991. The Morgan fingerprint density at radius 3 is 2.43 bits per heavy atom. The van der Waals surface area contributed by atoms with E-state index < -0.39 is 4.92 Å². The molecule has 2 aromatic carbocycles. The van der Waals surface area contributed by atoms with Gasteiger partial charge in [0.2, 0.25) is 5.91 Å². The highest BCUT2D eigenvalue weighted by Crippen LogP contribution is 2.28. The van der Waals surface area contributed by atoms with E-state index in [4.69, 9.17) is 11.6 Å². The molecule has 0 aliphatic carbocycles. The zero-order chi connectivity index (χ0) is 17.0. The van der Waals surface area contributed by atoms with Crippen molar-refractivity contribution in [2.24, 2.45) is 0 Å². The van der Waals surface area contributed by atoms with Gasteiger partial charge in [0.05, 0.1) is 10.7 Å². The number of carbonyl (C=O) groups is 1. The molecular formula is C16H15ClN2O3S. The topological polar surface area (TPSA) is 72.2 Å². The van der Waals surface area contributed by atoms with Crippen LogP contribution in [0.15, 0.2) is 41.3 Å². The van der Waals surface area contributed by atoms with Crippen molar-refractivity contribution in [3.8, 4) is 0 Å². The van der Waals surface area contributed by atoms with Crippen LogP contribution >= 0.6 is 23.4 Å². The van der Waals surface area contributed by atoms with E-state index in [1.807, 2.05) is 19.1 Å². The summed E-state index contributed by atoms with van der Waals surface area (Å²) in [5.41, 5.74) is 1.82. The summed E-state index contributed by atoms with van der Waals surface area (Å²) in [6, 6.07) is 10.2. The van der Waals surface area contributed by atoms with Crippen LogP contribution in [-0.4, -0.2) is 16.6 Å². The van der Waals surface area contributed by atoms with Gasteiger partial charge in [-0.2, -0.15) is 0 Å². The number of hydrogen-bond donors (Lipinski definition) is 1. The number of halogens is 1. The maximum Gasteiger partial charge on any atom is 0.293 e. The number of carbonyl (C=O) groups excluding carboxylic acids is 1. The lowest BCUT2D eigenvalue weighted by Crippen LogP contribution is -2.15. The summed E-state index contributed by atoms with van der Waals surface area (Å²) in [4.78, 5) is 23.6. The molecule has 23 heavy (non-hydrogen) atoms. The molecule has 1 amide bonds. The highest BCUT2D eigenvalue weighted by Gasteiger charge is 2.17. The van der Waals surface area contributed by atoms with Crippen LogP contribution in [0.2, 0.25) is 5.02 Å². The molecule has 1 N–H and O–H groups in total. The maximum atomic E-state index is 12.0. The Balaban J connectivity index is 2.06. The van der Waals surface area contributed by atoms with Gasteiger partial charge in [-0.3, -0.25) is 14.9 Å². The lowest BCUT2D eigenvalue weighted by atomic mass is 10.1. The Morgan fingerprint density at radius 1 is 1.22 bits per heavy atom. The van der Waals surface area contributed by atoms with Gasteiger partial charge >= 0.3 is 0 Å². The number of thioether (sulfide) groups is 1. The number of hydrogen-bond acceptors (Lipinski definition) is 4. The molecule has 2 aromatic rings. The SMILES string of the molecule is Cc1cc(NC(=O)CSc2ccc(Cl)cc2)c([N+](=O)[O-])cc1C. The molecule has 0 spiro atoms. The molecule has 0 unspecified atom stereocenters. The van der Waals surface area contributed by atoms with Gasteiger partial charge in [0.1, 0.15) is 5.69 Å². The molecule has 0 bridgehead atoms. The van der Waals surface area contributed by atoms with Gasteiger partial charge in [-0.15, -0.1) is 11.8 Å². The lowest BCUT2D eigenvalue weighted by Gasteiger charge is -2.09. The minimum Gasteiger partial charge on any atom is -0.320 e. The summed E-state index contributed by atoms with van der Waals surface area (Å²) < 4.78 is 0. The van der Waals surface area contributed by atoms with Gasteiger partial charge in [-0.1, -0.05) is 11.6 Å². The zero-order valence-electron chi connectivity index (χ0n) is 12.6. The number of nitro groups is 1. The molecule has 0 saturated carbocycles. The predicted octanol–water partition coefficient (Wildman–Crippen LogP) is 4.60. The molecule has 7 heteroatoms. The van der Waals surface area contributed by atoms with Gasteiger partial charge in [0.25, 0.3) is 5.69 Å². The van der Waals surface area contributed by atoms with Crippen molar-refractivity contribution >= 4 is 40.6 Å². The number of rotatable bonds is 5. The van der Waals surface area contributed by atoms with Crippen molar-refractivity contribution in [3.63, 3.8) is 0 Å². The highest BCUT2D eigenvalue weighted by atomic mass is 35.5. The molecule has 5 nitrogen and oxygen atoms in total. The van der Waals surface area contributed by atoms with Gasteiger partial charge in [0, 0.05) is 16.0 Å². The van der Waals surface area contributed by atoms with E-state index >= 15 is 0 Å². The number of benzene rings is 2. The van der Waals surface area contributed by atoms with Crippen LogP contribution in [0, 0.1) is 24.0 Å². The van der Waals surface area contributed by atoms with E-state index in [-0.39, 0.29) is 23.0 Å². The average Bonchev–Trinajstić information content (AvgIpc) is 2.50. The molecule has 0 atom stereocenters. The lowest BCUT2D eigenvalue weighted by molar-refractivity contribution is -0.384. The van der Waals surface area contributed by atoms with Gasteiger partial charge < -0.3 is 5.32 Å². The Morgan fingerprint density at radius 2 is 1.83 bits per heavy atom. The van der Waals surface area contributed by atoms with E-state index in [0.717, 1.165) is 16.0 Å². The highest BCUT2D eigenvalue weighted by molar-refractivity contribution is 8.00. The first kappa shape index (κ1) is 17.3. The van der Waals surface area contributed by atoms with E-state index in [1.54, 1.807) is 25.1 Å². The van der Waals surface area contributed by atoms with Gasteiger partial charge in [-0.25, -0.2) is 0 Å². The van der Waals surface area contributed by atoms with Crippen molar-refractivity contribution in [2.45, 2.75) is 18.7 Å². The van der Waals surface area contributed by atoms with E-state index in [9.17, 15) is 14.9 Å². The fourth-order valence-corrected chi connectivity index (χ4v) is 2.74. The largest absolute Gasteiger partial charge is 0.320 e. The Bertz CT molecular complexity index is 748. The van der Waals surface area contributed by atoms with Crippen molar-refractivity contribution in [2.75, 3.05) is 11.1 Å². The van der Waals surface area contributed by atoms with Crippen LogP contribution in [0.3, 0.4) is 0 Å². The fraction of sp³-hybridized carbons (Fsp3) is 0.188. The number of nitro benzene ring substituents is 1. The molecule has 0 aliphatic rings. The third-order valence-corrected chi connectivity index (χ3v) is 4.53. The number of anilines is 1. The van der Waals surface area contributed by atoms with Crippen molar-refractivity contribution in [3.05, 3.63) is 62.7 Å². The van der Waals surface area contributed by atoms with E-state index in [1.165, 1.54) is 17.8 Å².